The first kappa shape index (κ1) is 24.1. The first-order valence-corrected chi connectivity index (χ1v) is 12.8. The highest BCUT2D eigenvalue weighted by molar-refractivity contribution is 7.82. The van der Waals surface area contributed by atoms with Crippen LogP contribution in [0.15, 0.2) is 73.3 Å². The number of rotatable bonds is 6. The van der Waals surface area contributed by atoms with Crippen LogP contribution in [0.3, 0.4) is 0 Å². The van der Waals surface area contributed by atoms with Crippen LogP contribution in [-0.2, 0) is 28.2 Å². The van der Waals surface area contributed by atoms with Gasteiger partial charge in [0.25, 0.3) is 5.91 Å². The lowest BCUT2D eigenvalue weighted by Gasteiger charge is -2.18. The van der Waals surface area contributed by atoms with Gasteiger partial charge in [0, 0.05) is 5.56 Å². The van der Waals surface area contributed by atoms with Gasteiger partial charge in [0.2, 0.25) is 0 Å². The molecule has 2 saturated heterocycles. The quantitative estimate of drug-likeness (QED) is 0.357. The first-order valence-electron chi connectivity index (χ1n) is 11.4. The van der Waals surface area contributed by atoms with Crippen molar-refractivity contribution in [3.63, 3.8) is 0 Å². The summed E-state index contributed by atoms with van der Waals surface area (Å²) < 4.78 is 47.4. The standard InChI is InChI=1S/C24H19N5O8S/c30-22(14-7-3-1-4-8-14)28-20-17-21(26-12-25-20)29(13-27-17)23-19-18(36-38(32,33)37-19)16(35-23)11-34-24(31)15-9-5-2-6-10-15/h1-10,12-13,16,18-19,23H,11H2,(H,25,26,28,30). The minimum absolute atomic E-state index is 0.154. The van der Waals surface area contributed by atoms with E-state index < -0.39 is 46.8 Å². The number of anilines is 1. The fourth-order valence-electron chi connectivity index (χ4n) is 4.29. The van der Waals surface area contributed by atoms with E-state index in [0.29, 0.717) is 11.1 Å². The van der Waals surface area contributed by atoms with Crippen molar-refractivity contribution >= 4 is 39.3 Å². The van der Waals surface area contributed by atoms with Gasteiger partial charge in [0.1, 0.15) is 25.1 Å². The zero-order valence-corrected chi connectivity index (χ0v) is 20.2. The topological polar surface area (TPSA) is 161 Å². The zero-order chi connectivity index (χ0) is 26.3. The highest BCUT2D eigenvalue weighted by atomic mass is 32.3. The maximum Gasteiger partial charge on any atom is 0.400 e. The molecular weight excluding hydrogens is 518 g/mol. The van der Waals surface area contributed by atoms with Crippen molar-refractivity contribution in [2.24, 2.45) is 0 Å². The molecule has 2 aromatic carbocycles. The van der Waals surface area contributed by atoms with Gasteiger partial charge in [-0.1, -0.05) is 36.4 Å². The summed E-state index contributed by atoms with van der Waals surface area (Å²) in [5.41, 5.74) is 1.26. The molecular formula is C24H19N5O8S. The molecule has 0 bridgehead atoms. The minimum Gasteiger partial charge on any atom is -0.459 e. The molecule has 4 aromatic rings. The fraction of sp³-hybridized carbons (Fsp3) is 0.208. The van der Waals surface area contributed by atoms with Crippen molar-refractivity contribution in [3.05, 3.63) is 84.4 Å². The number of hydrogen-bond donors (Lipinski definition) is 1. The van der Waals surface area contributed by atoms with Crippen LogP contribution in [0.5, 0.6) is 0 Å². The van der Waals surface area contributed by atoms with E-state index in [4.69, 9.17) is 17.8 Å². The molecule has 4 atom stereocenters. The molecule has 0 saturated carbocycles. The lowest BCUT2D eigenvalue weighted by molar-refractivity contribution is -0.0595. The van der Waals surface area contributed by atoms with Crippen molar-refractivity contribution < 1.29 is 35.8 Å². The number of hydrogen-bond acceptors (Lipinski definition) is 11. The monoisotopic (exact) mass is 537 g/mol. The third kappa shape index (κ3) is 4.50. The number of amides is 1. The normalized spacial score (nSPS) is 23.7. The molecule has 0 radical (unpaired) electrons. The molecule has 0 spiro atoms. The Morgan fingerprint density at radius 1 is 0.921 bits per heavy atom. The molecule has 1 N–H and O–H groups in total. The SMILES string of the molecule is O=C(Nc1ncnc2c1ncn2C1OC(COC(=O)c2ccccc2)C2OS(=O)(=O)OC21)c1ccccc1. The number of nitrogens with zero attached hydrogens (tertiary/aromatic N) is 4. The number of nitrogens with one attached hydrogen (secondary N) is 1. The number of carbonyl (C=O) groups is 2. The average molecular weight is 538 g/mol. The molecule has 6 rings (SSSR count). The van der Waals surface area contributed by atoms with E-state index in [1.165, 1.54) is 17.2 Å². The highest BCUT2D eigenvalue weighted by Gasteiger charge is 2.57. The fourth-order valence-corrected chi connectivity index (χ4v) is 5.32. The summed E-state index contributed by atoms with van der Waals surface area (Å²) in [5.74, 6) is -0.839. The Bertz CT molecular complexity index is 1610. The molecule has 2 fully saturated rings. The van der Waals surface area contributed by atoms with Gasteiger partial charge in [0.15, 0.2) is 29.3 Å². The van der Waals surface area contributed by atoms with Crippen molar-refractivity contribution in [1.82, 2.24) is 19.5 Å². The van der Waals surface area contributed by atoms with Crippen LogP contribution < -0.4 is 5.32 Å². The summed E-state index contributed by atoms with van der Waals surface area (Å²) >= 11 is 0. The van der Waals surface area contributed by atoms with E-state index in [2.05, 4.69) is 20.3 Å². The van der Waals surface area contributed by atoms with E-state index in [1.807, 2.05) is 0 Å². The summed E-state index contributed by atoms with van der Waals surface area (Å²) in [4.78, 5) is 37.7. The van der Waals surface area contributed by atoms with E-state index >= 15 is 0 Å². The third-order valence-electron chi connectivity index (χ3n) is 6.03. The van der Waals surface area contributed by atoms with Gasteiger partial charge in [0.05, 0.1) is 11.9 Å². The number of carbonyl (C=O) groups excluding carboxylic acids is 2. The molecule has 2 aliphatic heterocycles. The van der Waals surface area contributed by atoms with Gasteiger partial charge in [-0.2, -0.15) is 8.42 Å². The Morgan fingerprint density at radius 2 is 1.61 bits per heavy atom. The number of ether oxygens (including phenoxy) is 2. The number of imidazole rings is 1. The summed E-state index contributed by atoms with van der Waals surface area (Å²) in [5, 5.41) is 2.71. The minimum atomic E-state index is -4.31. The predicted molar refractivity (Wildman–Crippen MR) is 129 cm³/mol. The Balaban J connectivity index is 1.26. The summed E-state index contributed by atoms with van der Waals surface area (Å²) in [6.07, 6.45) is -1.59. The van der Waals surface area contributed by atoms with E-state index in [1.54, 1.807) is 60.7 Å². The molecule has 2 aliphatic rings. The number of aromatic nitrogens is 4. The first-order chi connectivity index (χ1) is 18.4. The predicted octanol–water partition coefficient (Wildman–Crippen LogP) is 1.86. The third-order valence-corrected chi connectivity index (χ3v) is 6.95. The van der Waals surface area contributed by atoms with Crippen LogP contribution in [0.4, 0.5) is 5.82 Å². The number of fused-ring (bicyclic) bond motifs is 2. The average Bonchev–Trinajstić information content (AvgIpc) is 3.59. The molecule has 14 heteroatoms. The van der Waals surface area contributed by atoms with Crippen LogP contribution in [-0.4, -0.2) is 64.7 Å². The van der Waals surface area contributed by atoms with Crippen molar-refractivity contribution in [2.75, 3.05) is 11.9 Å². The Hall–Kier alpha value is -4.24. The molecule has 2 aromatic heterocycles. The molecule has 4 unspecified atom stereocenters. The molecule has 194 valence electrons. The second-order valence-electron chi connectivity index (χ2n) is 8.43. The lowest BCUT2D eigenvalue weighted by atomic mass is 10.1. The molecule has 4 heterocycles. The van der Waals surface area contributed by atoms with E-state index in [-0.39, 0.29) is 23.6 Å². The lowest BCUT2D eigenvalue weighted by Crippen LogP contribution is -2.32. The summed E-state index contributed by atoms with van der Waals surface area (Å²) in [6.45, 7) is -0.287. The highest BCUT2D eigenvalue weighted by Crippen LogP contribution is 2.41. The Labute approximate surface area is 215 Å². The number of benzene rings is 2. The van der Waals surface area contributed by atoms with Crippen LogP contribution in [0, 0.1) is 0 Å². The van der Waals surface area contributed by atoms with Gasteiger partial charge in [-0.3, -0.25) is 9.36 Å². The van der Waals surface area contributed by atoms with Crippen LogP contribution in [0.25, 0.3) is 11.2 Å². The van der Waals surface area contributed by atoms with Crippen LogP contribution in [0.1, 0.15) is 26.9 Å². The van der Waals surface area contributed by atoms with Gasteiger partial charge in [-0.25, -0.2) is 28.1 Å². The molecule has 0 aliphatic carbocycles. The zero-order valence-electron chi connectivity index (χ0n) is 19.4. The van der Waals surface area contributed by atoms with Gasteiger partial charge < -0.3 is 14.8 Å². The van der Waals surface area contributed by atoms with Crippen LogP contribution in [0.2, 0.25) is 0 Å². The molecule has 13 nitrogen and oxygen atoms in total. The second kappa shape index (κ2) is 9.57. The molecule has 1 amide bonds. The van der Waals surface area contributed by atoms with Gasteiger partial charge >= 0.3 is 16.4 Å². The summed E-state index contributed by atoms with van der Waals surface area (Å²) in [7, 11) is -4.31. The van der Waals surface area contributed by atoms with Gasteiger partial charge in [-0.05, 0) is 24.3 Å². The number of esters is 1. The maximum absolute atomic E-state index is 12.6. The Kier molecular flexibility index (Phi) is 6.07. The van der Waals surface area contributed by atoms with Gasteiger partial charge in [-0.15, -0.1) is 0 Å². The van der Waals surface area contributed by atoms with E-state index in [0.717, 1.165) is 0 Å². The smallest absolute Gasteiger partial charge is 0.400 e. The van der Waals surface area contributed by atoms with Crippen molar-refractivity contribution in [1.29, 1.82) is 0 Å². The van der Waals surface area contributed by atoms with E-state index in [9.17, 15) is 18.0 Å². The Morgan fingerprint density at radius 3 is 2.34 bits per heavy atom. The maximum atomic E-state index is 12.6. The molecule has 38 heavy (non-hydrogen) atoms. The van der Waals surface area contributed by atoms with Crippen molar-refractivity contribution in [2.45, 2.75) is 24.5 Å². The van der Waals surface area contributed by atoms with Crippen LogP contribution >= 0.6 is 0 Å². The second-order valence-corrected chi connectivity index (χ2v) is 9.63. The summed E-state index contributed by atoms with van der Waals surface area (Å²) in [6, 6.07) is 16.9. The van der Waals surface area contributed by atoms with Crippen molar-refractivity contribution in [3.8, 4) is 0 Å². The largest absolute Gasteiger partial charge is 0.459 e.